The summed E-state index contributed by atoms with van der Waals surface area (Å²) in [6, 6.07) is 21.1. The first-order valence-corrected chi connectivity index (χ1v) is 7.41. The molecule has 3 atom stereocenters. The van der Waals surface area contributed by atoms with Gasteiger partial charge >= 0.3 is 0 Å². The molecule has 0 spiro atoms. The van der Waals surface area contributed by atoms with Crippen LogP contribution in [0, 0.1) is 0 Å². The molecule has 22 heavy (non-hydrogen) atoms. The molecule has 2 aromatic carbocycles. The number of hydrogen-bond donors (Lipinski definition) is 0. The van der Waals surface area contributed by atoms with Crippen LogP contribution in [0.2, 0.25) is 0 Å². The summed E-state index contributed by atoms with van der Waals surface area (Å²) in [6.45, 7) is 2.22. The molecule has 1 saturated heterocycles. The van der Waals surface area contributed by atoms with Crippen LogP contribution in [-0.4, -0.2) is 24.2 Å². The maximum absolute atomic E-state index is 6.23. The van der Waals surface area contributed by atoms with Crippen LogP contribution in [0.5, 0.6) is 0 Å². The molecule has 3 rings (SSSR count). The van der Waals surface area contributed by atoms with E-state index >= 15 is 0 Å². The Morgan fingerprint density at radius 1 is 0.955 bits per heavy atom. The number of ether oxygens (including phenoxy) is 1. The van der Waals surface area contributed by atoms with Crippen molar-refractivity contribution in [3.05, 3.63) is 77.9 Å². The Labute approximate surface area is 138 Å². The van der Waals surface area contributed by atoms with E-state index in [1.807, 2.05) is 24.3 Å². The van der Waals surface area contributed by atoms with Crippen molar-refractivity contribution in [3.63, 3.8) is 0 Å². The molecule has 0 aliphatic carbocycles. The molecule has 3 unspecified atom stereocenters. The first-order chi connectivity index (χ1) is 10.3. The molecule has 2 aromatic rings. The highest BCUT2D eigenvalue weighted by molar-refractivity contribution is 5.85. The van der Waals surface area contributed by atoms with Gasteiger partial charge in [0, 0.05) is 6.04 Å². The van der Waals surface area contributed by atoms with E-state index in [0.29, 0.717) is 6.04 Å². The second-order valence-corrected chi connectivity index (χ2v) is 5.53. The summed E-state index contributed by atoms with van der Waals surface area (Å²) in [4.78, 5) is 2.27. The van der Waals surface area contributed by atoms with Crippen LogP contribution < -0.4 is 0 Å². The number of rotatable bonds is 3. The molecule has 1 heterocycles. The van der Waals surface area contributed by atoms with Gasteiger partial charge in [0.1, 0.15) is 12.3 Å². The summed E-state index contributed by atoms with van der Waals surface area (Å²) in [5.74, 6) is 0. The molecule has 1 aliphatic rings. The van der Waals surface area contributed by atoms with Crippen molar-refractivity contribution >= 4 is 18.5 Å². The Morgan fingerprint density at radius 3 is 2.18 bits per heavy atom. The normalized spacial score (nSPS) is 25.3. The average Bonchev–Trinajstić information content (AvgIpc) is 2.83. The van der Waals surface area contributed by atoms with E-state index in [0.717, 1.165) is 0 Å². The fraction of sp³-hybridized carbons (Fsp3) is 0.263. The summed E-state index contributed by atoms with van der Waals surface area (Å²) in [5, 5.41) is 0. The van der Waals surface area contributed by atoms with Crippen molar-refractivity contribution in [2.75, 3.05) is 7.05 Å². The maximum Gasteiger partial charge on any atom is 0.131 e. The smallest absolute Gasteiger partial charge is 0.131 e. The highest BCUT2D eigenvalue weighted by atomic mass is 35.5. The van der Waals surface area contributed by atoms with Gasteiger partial charge in [0.25, 0.3) is 0 Å². The number of likely N-dealkylation sites (N-methyl/N-ethyl adjacent to an activating group) is 1. The molecule has 0 amide bonds. The van der Waals surface area contributed by atoms with Gasteiger partial charge in [-0.1, -0.05) is 66.7 Å². The zero-order chi connectivity index (χ0) is 14.7. The molecule has 3 heteroatoms. The van der Waals surface area contributed by atoms with Crippen molar-refractivity contribution in [1.82, 2.24) is 4.90 Å². The van der Waals surface area contributed by atoms with Crippen LogP contribution in [0.1, 0.15) is 24.2 Å². The minimum atomic E-state index is 0. The lowest BCUT2D eigenvalue weighted by Crippen LogP contribution is -2.30. The number of hydrogen-bond acceptors (Lipinski definition) is 2. The molecule has 0 aromatic heterocycles. The molecule has 0 saturated carbocycles. The zero-order valence-corrected chi connectivity index (χ0v) is 13.7. The lowest BCUT2D eigenvalue weighted by molar-refractivity contribution is 0.0412. The van der Waals surface area contributed by atoms with Crippen LogP contribution in [-0.2, 0) is 4.74 Å². The van der Waals surface area contributed by atoms with Gasteiger partial charge in [-0.3, -0.25) is 4.90 Å². The Balaban J connectivity index is 0.00000176. The van der Waals surface area contributed by atoms with Gasteiger partial charge in [0.15, 0.2) is 0 Å². The third-order valence-corrected chi connectivity index (χ3v) is 4.15. The van der Waals surface area contributed by atoms with Crippen molar-refractivity contribution < 1.29 is 4.74 Å². The van der Waals surface area contributed by atoms with Crippen LogP contribution in [0.15, 0.2) is 66.7 Å². The van der Waals surface area contributed by atoms with Crippen LogP contribution in [0.25, 0.3) is 6.08 Å². The second kappa shape index (κ2) is 7.59. The summed E-state index contributed by atoms with van der Waals surface area (Å²) in [7, 11) is 2.12. The standard InChI is InChI=1S/C19H21NO.ClH/c1-15-19(17-11-7-4-8-12-17)21-18(20(15)2)14-13-16-9-5-3-6-10-16;/h3-15,18-19H,1-2H3;1H/b14-13+;. The quantitative estimate of drug-likeness (QED) is 0.824. The Morgan fingerprint density at radius 2 is 1.55 bits per heavy atom. The summed E-state index contributed by atoms with van der Waals surface area (Å²) in [6.07, 6.45) is 4.41. The fourth-order valence-corrected chi connectivity index (χ4v) is 2.74. The van der Waals surface area contributed by atoms with Crippen molar-refractivity contribution in [2.24, 2.45) is 0 Å². The molecule has 0 bridgehead atoms. The fourth-order valence-electron chi connectivity index (χ4n) is 2.74. The number of nitrogens with zero attached hydrogens (tertiary/aromatic N) is 1. The summed E-state index contributed by atoms with van der Waals surface area (Å²) in [5.41, 5.74) is 2.44. The van der Waals surface area contributed by atoms with E-state index < -0.39 is 0 Å². The number of halogens is 1. The summed E-state index contributed by atoms with van der Waals surface area (Å²) < 4.78 is 6.23. The molecule has 2 nitrogen and oxygen atoms in total. The summed E-state index contributed by atoms with van der Waals surface area (Å²) >= 11 is 0. The molecular weight excluding hydrogens is 294 g/mol. The van der Waals surface area contributed by atoms with Gasteiger partial charge in [-0.2, -0.15) is 0 Å². The van der Waals surface area contributed by atoms with Gasteiger partial charge in [-0.15, -0.1) is 12.4 Å². The van der Waals surface area contributed by atoms with E-state index in [9.17, 15) is 0 Å². The zero-order valence-electron chi connectivity index (χ0n) is 12.9. The number of benzene rings is 2. The van der Waals surface area contributed by atoms with Crippen molar-refractivity contribution in [2.45, 2.75) is 25.3 Å². The average molecular weight is 316 g/mol. The van der Waals surface area contributed by atoms with Gasteiger partial charge in [0.05, 0.1) is 0 Å². The third kappa shape index (κ3) is 3.58. The van der Waals surface area contributed by atoms with E-state index in [4.69, 9.17) is 4.74 Å². The highest BCUT2D eigenvalue weighted by Crippen LogP contribution is 2.34. The third-order valence-electron chi connectivity index (χ3n) is 4.15. The second-order valence-electron chi connectivity index (χ2n) is 5.53. The Kier molecular flexibility index (Phi) is 5.78. The molecule has 116 valence electrons. The van der Waals surface area contributed by atoms with Crippen LogP contribution >= 0.6 is 12.4 Å². The molecule has 0 radical (unpaired) electrons. The monoisotopic (exact) mass is 315 g/mol. The Bertz CT molecular complexity index is 599. The minimum Gasteiger partial charge on any atom is -0.350 e. The lowest BCUT2D eigenvalue weighted by Gasteiger charge is -2.19. The molecule has 1 aliphatic heterocycles. The molecular formula is C19H22ClNO. The minimum absolute atomic E-state index is 0. The molecule has 1 fully saturated rings. The van der Waals surface area contributed by atoms with Gasteiger partial charge < -0.3 is 4.74 Å². The largest absolute Gasteiger partial charge is 0.350 e. The van der Waals surface area contributed by atoms with Gasteiger partial charge in [-0.25, -0.2) is 0 Å². The van der Waals surface area contributed by atoms with E-state index in [1.54, 1.807) is 0 Å². The van der Waals surface area contributed by atoms with Crippen molar-refractivity contribution in [1.29, 1.82) is 0 Å². The first-order valence-electron chi connectivity index (χ1n) is 7.41. The Hall–Kier alpha value is -1.61. The first kappa shape index (κ1) is 16.8. The van der Waals surface area contributed by atoms with Crippen molar-refractivity contribution in [3.8, 4) is 0 Å². The van der Waals surface area contributed by atoms with Gasteiger partial charge in [0.2, 0.25) is 0 Å². The highest BCUT2D eigenvalue weighted by Gasteiger charge is 2.36. The van der Waals surface area contributed by atoms with Crippen LogP contribution in [0.4, 0.5) is 0 Å². The topological polar surface area (TPSA) is 12.5 Å². The van der Waals surface area contributed by atoms with Gasteiger partial charge in [-0.05, 0) is 31.2 Å². The van der Waals surface area contributed by atoms with E-state index in [-0.39, 0.29) is 24.7 Å². The van der Waals surface area contributed by atoms with E-state index in [1.165, 1.54) is 11.1 Å². The molecule has 0 N–H and O–H groups in total. The van der Waals surface area contributed by atoms with Crippen LogP contribution in [0.3, 0.4) is 0 Å². The maximum atomic E-state index is 6.23. The van der Waals surface area contributed by atoms with E-state index in [2.05, 4.69) is 67.4 Å². The predicted octanol–water partition coefficient (Wildman–Crippen LogP) is 4.54. The lowest BCUT2D eigenvalue weighted by atomic mass is 10.0. The predicted molar refractivity (Wildman–Crippen MR) is 94.0 cm³/mol. The SMILES string of the molecule is CC1C(c2ccccc2)OC(/C=C/c2ccccc2)N1C.Cl.